The van der Waals surface area contributed by atoms with Gasteiger partial charge in [-0.05, 0) is 37.4 Å². The highest BCUT2D eigenvalue weighted by Gasteiger charge is 2.32. The molecule has 0 spiro atoms. The van der Waals surface area contributed by atoms with Crippen LogP contribution in [0.4, 0.5) is 22.0 Å². The maximum absolute atomic E-state index is 13.8. The largest absolute Gasteiger partial charge is 0.473 e. The predicted molar refractivity (Wildman–Crippen MR) is 110 cm³/mol. The molecular formula is C23H13F5O5S. The van der Waals surface area contributed by atoms with Gasteiger partial charge in [-0.15, -0.1) is 11.3 Å². The number of hydrogen-bond donors (Lipinski definition) is 0. The van der Waals surface area contributed by atoms with Crippen molar-refractivity contribution < 1.29 is 45.8 Å². The minimum atomic E-state index is -2.35. The molecule has 2 aromatic carbocycles. The molecule has 2 heterocycles. The van der Waals surface area contributed by atoms with Crippen LogP contribution in [0.25, 0.3) is 6.08 Å². The maximum atomic E-state index is 13.8. The Kier molecular flexibility index (Phi) is 6.13. The highest BCUT2D eigenvalue weighted by Crippen LogP contribution is 2.39. The van der Waals surface area contributed by atoms with Crippen LogP contribution in [0, 0.1) is 36.0 Å². The number of carbonyl (C=O) groups excluding carboxylic acids is 2. The Morgan fingerprint density at radius 1 is 1.03 bits per heavy atom. The fraction of sp³-hybridized carbons (Fsp3) is 0.130. The van der Waals surface area contributed by atoms with Crippen molar-refractivity contribution in [2.24, 2.45) is 0 Å². The lowest BCUT2D eigenvalue weighted by Gasteiger charge is -2.16. The number of esters is 1. The number of fused-ring (bicyclic) bond motifs is 1. The summed E-state index contributed by atoms with van der Waals surface area (Å²) in [6.45, 7) is 2.52. The minimum absolute atomic E-state index is 0.0539. The third kappa shape index (κ3) is 4.03. The van der Waals surface area contributed by atoms with E-state index in [4.69, 9.17) is 9.47 Å². The summed E-state index contributed by atoms with van der Waals surface area (Å²) in [6.07, 6.45) is -0.185. The van der Waals surface area contributed by atoms with Crippen LogP contribution in [0.1, 0.15) is 27.7 Å². The van der Waals surface area contributed by atoms with E-state index in [0.717, 1.165) is 11.8 Å². The summed E-state index contributed by atoms with van der Waals surface area (Å²) < 4.78 is 83.1. The van der Waals surface area contributed by atoms with Crippen molar-refractivity contribution in [3.63, 3.8) is 0 Å². The zero-order valence-corrected chi connectivity index (χ0v) is 18.2. The average molecular weight is 496 g/mol. The van der Waals surface area contributed by atoms with Crippen molar-refractivity contribution in [3.8, 4) is 17.2 Å². The molecule has 1 atom stereocenters. The van der Waals surface area contributed by atoms with Gasteiger partial charge in [-0.1, -0.05) is 6.07 Å². The lowest BCUT2D eigenvalue weighted by Crippen LogP contribution is -2.29. The van der Waals surface area contributed by atoms with Crippen LogP contribution >= 0.6 is 11.3 Å². The molecule has 0 amide bonds. The van der Waals surface area contributed by atoms with Crippen LogP contribution in [-0.4, -0.2) is 17.9 Å². The van der Waals surface area contributed by atoms with Crippen LogP contribution in [0.15, 0.2) is 35.4 Å². The van der Waals surface area contributed by atoms with Crippen molar-refractivity contribution in [1.82, 2.24) is 0 Å². The highest BCUT2D eigenvalue weighted by atomic mass is 32.1. The predicted octanol–water partition coefficient (Wildman–Crippen LogP) is 5.74. The zero-order valence-electron chi connectivity index (χ0n) is 17.4. The third-order valence-electron chi connectivity index (χ3n) is 4.86. The molecule has 3 aromatic rings. The van der Waals surface area contributed by atoms with Crippen LogP contribution in [0.2, 0.25) is 0 Å². The van der Waals surface area contributed by atoms with Crippen LogP contribution in [0.5, 0.6) is 17.2 Å². The van der Waals surface area contributed by atoms with Gasteiger partial charge >= 0.3 is 5.97 Å². The number of allylic oxidation sites excluding steroid dienone is 1. The van der Waals surface area contributed by atoms with Gasteiger partial charge < -0.3 is 14.2 Å². The van der Waals surface area contributed by atoms with E-state index in [1.165, 1.54) is 30.4 Å². The number of carbonyl (C=O) groups is 2. The third-order valence-corrected chi connectivity index (χ3v) is 5.68. The van der Waals surface area contributed by atoms with Gasteiger partial charge in [-0.2, -0.15) is 8.78 Å². The van der Waals surface area contributed by atoms with Crippen LogP contribution in [-0.2, 0) is 4.79 Å². The van der Waals surface area contributed by atoms with Gasteiger partial charge in [0, 0.05) is 16.5 Å². The molecule has 0 radical (unpaired) electrons. The number of hydrogen-bond acceptors (Lipinski definition) is 6. The van der Waals surface area contributed by atoms with Gasteiger partial charge in [0.15, 0.2) is 17.6 Å². The summed E-state index contributed by atoms with van der Waals surface area (Å²) in [5, 5.41) is 1.83. The Morgan fingerprint density at radius 2 is 1.68 bits per heavy atom. The molecule has 1 aliphatic heterocycles. The summed E-state index contributed by atoms with van der Waals surface area (Å²) in [5.41, 5.74) is 0.517. The van der Waals surface area contributed by atoms with Crippen molar-refractivity contribution in [2.75, 3.05) is 0 Å². The summed E-state index contributed by atoms with van der Waals surface area (Å²) in [6, 6.07) is 6.29. The van der Waals surface area contributed by atoms with E-state index in [1.54, 1.807) is 12.1 Å². The van der Waals surface area contributed by atoms with Crippen molar-refractivity contribution in [1.29, 1.82) is 0 Å². The zero-order chi connectivity index (χ0) is 24.7. The maximum Gasteiger partial charge on any atom is 0.352 e. The first-order valence-electron chi connectivity index (χ1n) is 9.61. The van der Waals surface area contributed by atoms with E-state index >= 15 is 0 Å². The number of halogens is 5. The second-order valence-electron chi connectivity index (χ2n) is 7.10. The molecule has 1 aliphatic rings. The molecule has 0 fully saturated rings. The SMILES string of the molecule is Cc1c(OC(=O)C(C)Oc2c(F)c(F)c(F)c(F)c2F)ccc2c1O/C(=C\c1cccs1)C2=O. The molecule has 0 saturated carbocycles. The molecular weight excluding hydrogens is 483 g/mol. The van der Waals surface area contributed by atoms with Gasteiger partial charge in [0.1, 0.15) is 11.5 Å². The Hall–Kier alpha value is -3.73. The van der Waals surface area contributed by atoms with E-state index < -0.39 is 46.9 Å². The molecule has 1 aromatic heterocycles. The van der Waals surface area contributed by atoms with E-state index in [9.17, 15) is 31.5 Å². The molecule has 34 heavy (non-hydrogen) atoms. The Bertz CT molecular complexity index is 1320. The second-order valence-corrected chi connectivity index (χ2v) is 8.08. The smallest absolute Gasteiger partial charge is 0.352 e. The fourth-order valence-corrected chi connectivity index (χ4v) is 3.73. The number of Topliss-reactive ketones (excluding diaryl/α,β-unsaturated/α-hetero) is 1. The molecule has 4 rings (SSSR count). The molecule has 176 valence electrons. The monoisotopic (exact) mass is 496 g/mol. The number of thiophene rings is 1. The van der Waals surface area contributed by atoms with Gasteiger partial charge in [0.05, 0.1) is 5.56 Å². The molecule has 0 aliphatic carbocycles. The fourth-order valence-electron chi connectivity index (χ4n) is 3.09. The van der Waals surface area contributed by atoms with Gasteiger partial charge in [0.2, 0.25) is 34.9 Å². The molecule has 0 bridgehead atoms. The number of ether oxygens (including phenoxy) is 3. The lowest BCUT2D eigenvalue weighted by atomic mass is 10.1. The molecule has 11 heteroatoms. The normalized spacial score (nSPS) is 14.7. The van der Waals surface area contributed by atoms with E-state index in [0.29, 0.717) is 0 Å². The van der Waals surface area contributed by atoms with Crippen LogP contribution in [0.3, 0.4) is 0 Å². The molecule has 5 nitrogen and oxygen atoms in total. The van der Waals surface area contributed by atoms with Gasteiger partial charge in [-0.25, -0.2) is 18.0 Å². The van der Waals surface area contributed by atoms with Crippen molar-refractivity contribution in [2.45, 2.75) is 20.0 Å². The van der Waals surface area contributed by atoms with E-state index in [2.05, 4.69) is 4.74 Å². The van der Waals surface area contributed by atoms with Gasteiger partial charge in [-0.3, -0.25) is 4.79 Å². The number of benzene rings is 2. The average Bonchev–Trinajstić information content (AvgIpc) is 3.44. The Balaban J connectivity index is 1.54. The van der Waals surface area contributed by atoms with Crippen LogP contribution < -0.4 is 14.2 Å². The summed E-state index contributed by atoms with van der Waals surface area (Å²) in [7, 11) is 0. The lowest BCUT2D eigenvalue weighted by molar-refractivity contribution is -0.141. The van der Waals surface area contributed by atoms with E-state index in [1.807, 2.05) is 11.4 Å². The van der Waals surface area contributed by atoms with E-state index in [-0.39, 0.29) is 34.2 Å². The van der Waals surface area contributed by atoms with Gasteiger partial charge in [0.25, 0.3) is 0 Å². The Labute approximate surface area is 193 Å². The first-order chi connectivity index (χ1) is 16.1. The quantitative estimate of drug-likeness (QED) is 0.113. The summed E-state index contributed by atoms with van der Waals surface area (Å²) in [4.78, 5) is 25.8. The van der Waals surface area contributed by atoms with Crippen molar-refractivity contribution in [3.05, 3.63) is 80.5 Å². The van der Waals surface area contributed by atoms with Crippen molar-refractivity contribution >= 4 is 29.2 Å². The second kappa shape index (κ2) is 8.90. The Morgan fingerprint density at radius 3 is 2.29 bits per heavy atom. The minimum Gasteiger partial charge on any atom is -0.473 e. The summed E-state index contributed by atoms with van der Waals surface area (Å²) >= 11 is 1.40. The topological polar surface area (TPSA) is 61.8 Å². The number of ketones is 1. The standard InChI is InChI=1S/C23H13F5O5S/c1-9-13(6-5-12-20(29)14(32-21(9)12)8-11-4-3-7-34-11)33-23(30)10(2)31-22-18(27)16(25)15(24)17(26)19(22)28/h3-8,10H,1-2H3/b14-8-. The first kappa shape index (κ1) is 23.4. The molecule has 0 N–H and O–H groups in total. The summed E-state index contributed by atoms with van der Waals surface area (Å²) in [5.74, 6) is -14.2. The first-order valence-corrected chi connectivity index (χ1v) is 10.5. The molecule has 1 unspecified atom stereocenters. The highest BCUT2D eigenvalue weighted by molar-refractivity contribution is 7.10. The number of rotatable bonds is 5. The molecule has 0 saturated heterocycles.